The van der Waals surface area contributed by atoms with Crippen LogP contribution in [0.2, 0.25) is 0 Å². The molecular weight excluding hydrogens is 371 g/mol. The van der Waals surface area contributed by atoms with Gasteiger partial charge in [-0.2, -0.15) is 0 Å². The minimum absolute atomic E-state index is 0.201. The number of rotatable bonds is 5. The van der Waals surface area contributed by atoms with Crippen LogP contribution in [0.1, 0.15) is 34.0 Å². The van der Waals surface area contributed by atoms with E-state index < -0.39 is 0 Å². The number of carbonyl (C=O) groups excluding carboxylic acids is 1. The summed E-state index contributed by atoms with van der Waals surface area (Å²) in [6.45, 7) is 6.24. The van der Waals surface area contributed by atoms with E-state index in [-0.39, 0.29) is 17.5 Å². The Balaban J connectivity index is 1.43. The molecule has 3 N–H and O–H groups in total. The van der Waals surface area contributed by atoms with Crippen molar-refractivity contribution in [2.45, 2.75) is 32.9 Å². The van der Waals surface area contributed by atoms with E-state index in [0.717, 1.165) is 53.2 Å². The summed E-state index contributed by atoms with van der Waals surface area (Å²) in [4.78, 5) is 26.2. The molecule has 152 valence electrons. The second-order valence-corrected chi connectivity index (χ2v) is 7.50. The molecule has 0 aliphatic carbocycles. The van der Waals surface area contributed by atoms with Crippen molar-refractivity contribution in [2.75, 3.05) is 25.0 Å². The molecule has 2 aromatic heterocycles. The Hall–Kier alpha value is -3.00. The number of amides is 1. The zero-order valence-electron chi connectivity index (χ0n) is 16.8. The van der Waals surface area contributed by atoms with Crippen LogP contribution in [0.3, 0.4) is 0 Å². The lowest BCUT2D eigenvalue weighted by Crippen LogP contribution is -2.33. The molecule has 1 aromatic carbocycles. The van der Waals surface area contributed by atoms with Gasteiger partial charge in [-0.25, -0.2) is 14.4 Å². The topological polar surface area (TPSA) is 85.9 Å². The van der Waals surface area contributed by atoms with Gasteiger partial charge in [-0.05, 0) is 49.9 Å². The van der Waals surface area contributed by atoms with Gasteiger partial charge in [0.25, 0.3) is 5.91 Å². The smallest absolute Gasteiger partial charge is 0.288 e. The molecule has 1 fully saturated rings. The van der Waals surface area contributed by atoms with Crippen LogP contribution in [0.15, 0.2) is 24.3 Å². The Labute approximate surface area is 168 Å². The fraction of sp³-hybridized carbons (Fsp3) is 0.381. The molecule has 29 heavy (non-hydrogen) atoms. The third kappa shape index (κ3) is 3.93. The lowest BCUT2D eigenvalue weighted by atomic mass is 10.2. The first-order valence-electron chi connectivity index (χ1n) is 9.77. The number of aromatic amines is 1. The molecule has 1 atom stereocenters. The number of aryl methyl sites for hydroxylation is 1. The van der Waals surface area contributed by atoms with E-state index in [1.165, 1.54) is 12.1 Å². The first-order valence-corrected chi connectivity index (χ1v) is 9.77. The number of fused-ring (bicyclic) bond motifs is 1. The van der Waals surface area contributed by atoms with Crippen LogP contribution in [0.5, 0.6) is 0 Å². The number of H-pyrrole nitrogens is 1. The molecule has 7 nitrogen and oxygen atoms in total. The van der Waals surface area contributed by atoms with Crippen LogP contribution in [0.25, 0.3) is 10.9 Å². The summed E-state index contributed by atoms with van der Waals surface area (Å²) >= 11 is 0. The van der Waals surface area contributed by atoms with Crippen molar-refractivity contribution in [3.05, 3.63) is 52.9 Å². The van der Waals surface area contributed by atoms with Gasteiger partial charge in [0.05, 0.1) is 0 Å². The molecule has 1 saturated heterocycles. The van der Waals surface area contributed by atoms with E-state index >= 15 is 0 Å². The molecule has 1 amide bonds. The fourth-order valence-electron chi connectivity index (χ4n) is 3.76. The van der Waals surface area contributed by atoms with Crippen molar-refractivity contribution in [3.63, 3.8) is 0 Å². The Bertz CT molecular complexity index is 1060. The number of nitrogens with one attached hydrogen (secondary N) is 3. The van der Waals surface area contributed by atoms with E-state index in [9.17, 15) is 9.18 Å². The summed E-state index contributed by atoms with van der Waals surface area (Å²) < 4.78 is 13.4. The van der Waals surface area contributed by atoms with Gasteiger partial charge in [0.2, 0.25) is 5.82 Å². The van der Waals surface area contributed by atoms with Crippen molar-refractivity contribution in [3.8, 4) is 0 Å². The number of aromatic nitrogens is 3. The number of carbonyl (C=O) groups is 1. The highest BCUT2D eigenvalue weighted by molar-refractivity contribution is 5.90. The van der Waals surface area contributed by atoms with Gasteiger partial charge in [-0.15, -0.1) is 0 Å². The second kappa shape index (κ2) is 7.79. The van der Waals surface area contributed by atoms with E-state index in [2.05, 4.69) is 30.5 Å². The molecule has 0 saturated carbocycles. The van der Waals surface area contributed by atoms with Gasteiger partial charge < -0.3 is 20.5 Å². The Morgan fingerprint density at radius 3 is 2.93 bits per heavy atom. The molecule has 8 heteroatoms. The molecule has 0 radical (unpaired) electrons. The van der Waals surface area contributed by atoms with E-state index in [4.69, 9.17) is 0 Å². The predicted molar refractivity (Wildman–Crippen MR) is 111 cm³/mol. The predicted octanol–water partition coefficient (Wildman–Crippen LogP) is 2.44. The maximum Gasteiger partial charge on any atom is 0.288 e. The van der Waals surface area contributed by atoms with E-state index in [0.29, 0.717) is 12.6 Å². The largest absolute Gasteiger partial charge is 0.357 e. The van der Waals surface area contributed by atoms with E-state index in [1.807, 2.05) is 19.9 Å². The second-order valence-electron chi connectivity index (χ2n) is 7.50. The monoisotopic (exact) mass is 396 g/mol. The third-order valence-electron chi connectivity index (χ3n) is 5.50. The normalized spacial score (nSPS) is 16.6. The van der Waals surface area contributed by atoms with Crippen LogP contribution in [0.4, 0.5) is 10.2 Å². The third-order valence-corrected chi connectivity index (χ3v) is 5.50. The maximum absolute atomic E-state index is 13.4. The Morgan fingerprint density at radius 1 is 1.31 bits per heavy atom. The fourth-order valence-corrected chi connectivity index (χ4v) is 3.76. The number of nitrogens with zero attached hydrogens (tertiary/aromatic N) is 3. The van der Waals surface area contributed by atoms with Crippen LogP contribution in [-0.2, 0) is 6.54 Å². The van der Waals surface area contributed by atoms with Crippen LogP contribution in [-0.4, -0.2) is 47.0 Å². The summed E-state index contributed by atoms with van der Waals surface area (Å²) in [7, 11) is 1.58. The molecule has 0 spiro atoms. The first kappa shape index (κ1) is 19.3. The molecule has 1 aliphatic heterocycles. The average molecular weight is 396 g/mol. The molecule has 4 rings (SSSR count). The van der Waals surface area contributed by atoms with Gasteiger partial charge in [-0.1, -0.05) is 0 Å². The summed E-state index contributed by atoms with van der Waals surface area (Å²) in [5.41, 5.74) is 3.65. The Morgan fingerprint density at radius 2 is 2.14 bits per heavy atom. The lowest BCUT2D eigenvalue weighted by Gasteiger charge is -2.21. The number of anilines is 1. The van der Waals surface area contributed by atoms with Gasteiger partial charge in [0, 0.05) is 55.2 Å². The summed E-state index contributed by atoms with van der Waals surface area (Å²) in [5, 5.41) is 7.16. The van der Waals surface area contributed by atoms with Gasteiger partial charge in [0.15, 0.2) is 0 Å². The van der Waals surface area contributed by atoms with Gasteiger partial charge in [-0.3, -0.25) is 4.79 Å². The summed E-state index contributed by atoms with van der Waals surface area (Å²) in [5.74, 6) is 0.504. The maximum atomic E-state index is 13.4. The summed E-state index contributed by atoms with van der Waals surface area (Å²) in [6, 6.07) is 7.12. The number of benzene rings is 1. The van der Waals surface area contributed by atoms with Crippen molar-refractivity contribution >= 4 is 22.6 Å². The zero-order valence-corrected chi connectivity index (χ0v) is 16.8. The van der Waals surface area contributed by atoms with Crippen LogP contribution >= 0.6 is 0 Å². The van der Waals surface area contributed by atoms with Gasteiger partial charge >= 0.3 is 0 Å². The molecule has 3 aromatic rings. The number of hydrogen-bond donors (Lipinski definition) is 3. The molecule has 0 bridgehead atoms. The first-order chi connectivity index (χ1) is 13.9. The molecule has 0 unspecified atom stereocenters. The molecule has 1 aliphatic rings. The minimum atomic E-state index is -0.279. The minimum Gasteiger partial charge on any atom is -0.357 e. The molecule has 3 heterocycles. The SMILES string of the molecule is CNC(=O)c1nc(C)c(C)c(N2CC[C@@H](NCc3cc4ccc(F)cc4[nH]3)C2)n1. The lowest BCUT2D eigenvalue weighted by molar-refractivity contribution is 0.0952. The van der Waals surface area contributed by atoms with Crippen molar-refractivity contribution in [1.29, 1.82) is 0 Å². The highest BCUT2D eigenvalue weighted by atomic mass is 19.1. The number of hydrogen-bond acceptors (Lipinski definition) is 5. The van der Waals surface area contributed by atoms with Gasteiger partial charge in [0.1, 0.15) is 11.6 Å². The molecular formula is C21H25FN6O. The highest BCUT2D eigenvalue weighted by Crippen LogP contribution is 2.24. The van der Waals surface area contributed by atoms with Crippen molar-refractivity contribution in [1.82, 2.24) is 25.6 Å². The van der Waals surface area contributed by atoms with Crippen molar-refractivity contribution in [2.24, 2.45) is 0 Å². The van der Waals surface area contributed by atoms with Crippen molar-refractivity contribution < 1.29 is 9.18 Å². The van der Waals surface area contributed by atoms with E-state index in [1.54, 1.807) is 13.1 Å². The highest BCUT2D eigenvalue weighted by Gasteiger charge is 2.26. The number of halogens is 1. The quantitative estimate of drug-likeness (QED) is 0.617. The average Bonchev–Trinajstić information content (AvgIpc) is 3.33. The van der Waals surface area contributed by atoms with Crippen LogP contribution < -0.4 is 15.5 Å². The van der Waals surface area contributed by atoms with Crippen LogP contribution in [0, 0.1) is 19.7 Å². The standard InChI is InChI=1S/C21H25FN6O/c1-12-13(2)25-19(21(29)23-3)27-20(12)28-7-6-16(11-28)24-10-17-8-14-4-5-15(22)9-18(14)26-17/h4-5,8-9,16,24,26H,6-7,10-11H2,1-3H3,(H,23,29)/t16-/m1/s1. The summed E-state index contributed by atoms with van der Waals surface area (Å²) in [6.07, 6.45) is 0.979. The Kier molecular flexibility index (Phi) is 5.19. The zero-order chi connectivity index (χ0) is 20.5.